The molecule has 0 N–H and O–H groups in total. The van der Waals surface area contributed by atoms with Crippen LogP contribution in [0, 0.1) is 6.92 Å². The molecule has 0 saturated heterocycles. The summed E-state index contributed by atoms with van der Waals surface area (Å²) in [4.78, 5) is 22.9. The highest BCUT2D eigenvalue weighted by atomic mass is 35.5. The van der Waals surface area contributed by atoms with Crippen molar-refractivity contribution < 1.29 is 9.59 Å². The van der Waals surface area contributed by atoms with Crippen LogP contribution in [0.15, 0.2) is 30.3 Å². The van der Waals surface area contributed by atoms with Crippen LogP contribution in [-0.4, -0.2) is 27.7 Å². The first-order valence-corrected chi connectivity index (χ1v) is 5.92. The summed E-state index contributed by atoms with van der Waals surface area (Å²) in [6.45, 7) is 1.69. The number of rotatable bonds is 4. The summed E-state index contributed by atoms with van der Waals surface area (Å²) in [6, 6.07) is 9.17. The first-order valence-electron chi connectivity index (χ1n) is 5.38. The molecule has 0 unspecified atom stereocenters. The first kappa shape index (κ1) is 12.5. The van der Waals surface area contributed by atoms with E-state index in [4.69, 9.17) is 11.6 Å². The number of Topliss-reactive ketones (excluding diaryl/α,β-unsaturated/α-hetero) is 1. The number of hydrogen-bond acceptors (Lipinski definition) is 3. The molecular weight excluding hydrogens is 252 g/mol. The second-order valence-corrected chi connectivity index (χ2v) is 4.03. The van der Waals surface area contributed by atoms with Crippen LogP contribution in [0.25, 0.3) is 5.69 Å². The highest BCUT2D eigenvalue weighted by Crippen LogP contribution is 2.18. The van der Waals surface area contributed by atoms with Crippen molar-refractivity contribution in [2.45, 2.75) is 6.92 Å². The maximum atomic E-state index is 11.7. The third kappa shape index (κ3) is 2.07. The second-order valence-electron chi connectivity index (χ2n) is 3.77. The molecule has 2 aromatic rings. The summed E-state index contributed by atoms with van der Waals surface area (Å²) in [5, 5.41) is 4.23. The molecule has 0 aliphatic heterocycles. The lowest BCUT2D eigenvalue weighted by atomic mass is 10.1. The second kappa shape index (κ2) is 5.14. The number of alkyl halides is 1. The summed E-state index contributed by atoms with van der Waals surface area (Å²) in [5.41, 5.74) is 1.77. The van der Waals surface area contributed by atoms with E-state index >= 15 is 0 Å². The number of para-hydroxylation sites is 1. The summed E-state index contributed by atoms with van der Waals surface area (Å²) in [6.07, 6.45) is 0.632. The third-order valence-electron chi connectivity index (χ3n) is 2.61. The molecule has 0 aliphatic carbocycles. The van der Waals surface area contributed by atoms with Gasteiger partial charge in [-0.15, -0.1) is 11.6 Å². The number of nitrogens with zero attached hydrogens (tertiary/aromatic N) is 2. The van der Waals surface area contributed by atoms with Gasteiger partial charge in [0.05, 0.1) is 22.8 Å². The average Bonchev–Trinajstić information content (AvgIpc) is 2.75. The van der Waals surface area contributed by atoms with Gasteiger partial charge in [-0.2, -0.15) is 5.10 Å². The third-order valence-corrected chi connectivity index (χ3v) is 2.85. The van der Waals surface area contributed by atoms with Crippen LogP contribution in [-0.2, 0) is 0 Å². The topological polar surface area (TPSA) is 52.0 Å². The van der Waals surface area contributed by atoms with Gasteiger partial charge in [0.1, 0.15) is 5.69 Å². The van der Waals surface area contributed by atoms with E-state index in [1.807, 2.05) is 30.3 Å². The Morgan fingerprint density at radius 2 is 2.06 bits per heavy atom. The Morgan fingerprint density at radius 1 is 1.39 bits per heavy atom. The molecule has 5 heteroatoms. The zero-order valence-corrected chi connectivity index (χ0v) is 10.5. The Hall–Kier alpha value is -1.94. The summed E-state index contributed by atoms with van der Waals surface area (Å²) < 4.78 is 1.46. The lowest BCUT2D eigenvalue weighted by Crippen LogP contribution is -2.07. The predicted molar refractivity (Wildman–Crippen MR) is 68.7 cm³/mol. The van der Waals surface area contributed by atoms with Gasteiger partial charge in [-0.25, -0.2) is 4.68 Å². The fraction of sp³-hybridized carbons (Fsp3) is 0.154. The standard InChI is InChI=1S/C13H11ClN2O2/c1-9-13(12(18)7-14)11(8-17)16(15-9)10-5-3-2-4-6-10/h2-6,8H,7H2,1H3. The van der Waals surface area contributed by atoms with Crippen LogP contribution >= 0.6 is 11.6 Å². The fourth-order valence-corrected chi connectivity index (χ4v) is 1.97. The molecule has 0 fully saturated rings. The number of carbonyl (C=O) groups excluding carboxylic acids is 2. The highest BCUT2D eigenvalue weighted by molar-refractivity contribution is 6.31. The Kier molecular flexibility index (Phi) is 3.58. The van der Waals surface area contributed by atoms with E-state index < -0.39 is 0 Å². The molecule has 0 aliphatic rings. The summed E-state index contributed by atoms with van der Waals surface area (Å²) >= 11 is 5.54. The fourth-order valence-electron chi connectivity index (χ4n) is 1.83. The summed E-state index contributed by atoms with van der Waals surface area (Å²) in [7, 11) is 0. The zero-order chi connectivity index (χ0) is 13.1. The van der Waals surface area contributed by atoms with Crippen molar-refractivity contribution in [2.75, 3.05) is 5.88 Å². The molecule has 0 radical (unpaired) electrons. The molecule has 0 bridgehead atoms. The van der Waals surface area contributed by atoms with Gasteiger partial charge in [-0.1, -0.05) is 18.2 Å². The molecule has 2 rings (SSSR count). The number of ketones is 1. The van der Waals surface area contributed by atoms with Gasteiger partial charge in [0, 0.05) is 0 Å². The molecule has 0 saturated carbocycles. The van der Waals surface area contributed by atoms with Gasteiger partial charge in [0.25, 0.3) is 0 Å². The van der Waals surface area contributed by atoms with E-state index in [9.17, 15) is 9.59 Å². The predicted octanol–water partition coefficient (Wildman–Crippen LogP) is 2.41. The van der Waals surface area contributed by atoms with Crippen molar-refractivity contribution in [3.05, 3.63) is 47.3 Å². The van der Waals surface area contributed by atoms with Crippen LogP contribution in [0.1, 0.15) is 26.5 Å². The minimum atomic E-state index is -0.293. The molecule has 92 valence electrons. The van der Waals surface area contributed by atoms with Gasteiger partial charge in [0.2, 0.25) is 0 Å². The molecule has 0 atom stereocenters. The van der Waals surface area contributed by atoms with Crippen molar-refractivity contribution in [3.8, 4) is 5.69 Å². The molecule has 0 spiro atoms. The Balaban J connectivity index is 2.64. The largest absolute Gasteiger partial charge is 0.296 e. The Morgan fingerprint density at radius 3 is 2.61 bits per heavy atom. The van der Waals surface area contributed by atoms with Crippen molar-refractivity contribution in [1.82, 2.24) is 9.78 Å². The van der Waals surface area contributed by atoms with E-state index in [0.717, 1.165) is 5.69 Å². The van der Waals surface area contributed by atoms with E-state index in [-0.39, 0.29) is 17.4 Å². The maximum absolute atomic E-state index is 11.7. The SMILES string of the molecule is Cc1nn(-c2ccccc2)c(C=O)c1C(=O)CCl. The highest BCUT2D eigenvalue weighted by Gasteiger charge is 2.20. The van der Waals surface area contributed by atoms with E-state index in [1.54, 1.807) is 6.92 Å². The molecule has 0 amide bonds. The number of aromatic nitrogens is 2. The number of halogens is 1. The Labute approximate surface area is 109 Å². The van der Waals surface area contributed by atoms with Crippen molar-refractivity contribution in [2.24, 2.45) is 0 Å². The monoisotopic (exact) mass is 262 g/mol. The lowest BCUT2D eigenvalue weighted by molar-refractivity contribution is 0.101. The van der Waals surface area contributed by atoms with Gasteiger partial charge >= 0.3 is 0 Å². The minimum absolute atomic E-state index is 0.165. The van der Waals surface area contributed by atoms with Gasteiger partial charge in [-0.3, -0.25) is 9.59 Å². The van der Waals surface area contributed by atoms with E-state index in [2.05, 4.69) is 5.10 Å². The smallest absolute Gasteiger partial charge is 0.181 e. The van der Waals surface area contributed by atoms with Crippen LogP contribution < -0.4 is 0 Å². The van der Waals surface area contributed by atoms with E-state index in [0.29, 0.717) is 17.5 Å². The number of carbonyl (C=O) groups is 2. The van der Waals surface area contributed by atoms with Crippen LogP contribution in [0.4, 0.5) is 0 Å². The lowest BCUT2D eigenvalue weighted by Gasteiger charge is -2.03. The maximum Gasteiger partial charge on any atom is 0.181 e. The van der Waals surface area contributed by atoms with Gasteiger partial charge < -0.3 is 0 Å². The molecule has 18 heavy (non-hydrogen) atoms. The van der Waals surface area contributed by atoms with Crippen molar-refractivity contribution in [1.29, 1.82) is 0 Å². The number of hydrogen-bond donors (Lipinski definition) is 0. The van der Waals surface area contributed by atoms with E-state index in [1.165, 1.54) is 4.68 Å². The molecule has 1 aromatic heterocycles. The van der Waals surface area contributed by atoms with Gasteiger partial charge in [-0.05, 0) is 19.1 Å². The Bertz CT molecular complexity index is 591. The number of aldehydes is 1. The van der Waals surface area contributed by atoms with Crippen LogP contribution in [0.2, 0.25) is 0 Å². The number of benzene rings is 1. The quantitative estimate of drug-likeness (QED) is 0.483. The van der Waals surface area contributed by atoms with Crippen molar-refractivity contribution in [3.63, 3.8) is 0 Å². The van der Waals surface area contributed by atoms with Crippen LogP contribution in [0.5, 0.6) is 0 Å². The van der Waals surface area contributed by atoms with Crippen molar-refractivity contribution >= 4 is 23.7 Å². The zero-order valence-electron chi connectivity index (χ0n) is 9.76. The summed E-state index contributed by atoms with van der Waals surface area (Å²) in [5.74, 6) is -0.458. The molecule has 1 heterocycles. The first-order chi connectivity index (χ1) is 8.69. The molecular formula is C13H11ClN2O2. The molecule has 4 nitrogen and oxygen atoms in total. The van der Waals surface area contributed by atoms with Crippen LogP contribution in [0.3, 0.4) is 0 Å². The minimum Gasteiger partial charge on any atom is -0.296 e. The molecule has 1 aromatic carbocycles. The average molecular weight is 263 g/mol. The van der Waals surface area contributed by atoms with Gasteiger partial charge in [0.15, 0.2) is 12.1 Å². The number of aryl methyl sites for hydroxylation is 1. The normalized spacial score (nSPS) is 10.3.